The van der Waals surface area contributed by atoms with Crippen molar-refractivity contribution in [1.29, 1.82) is 0 Å². The van der Waals surface area contributed by atoms with Crippen molar-refractivity contribution in [1.82, 2.24) is 20.4 Å². The maximum Gasteiger partial charge on any atom is 0.309 e. The highest BCUT2D eigenvalue weighted by atomic mass is 16.5. The molecule has 12 nitrogen and oxygen atoms in total. The number of hydrogen-bond acceptors (Lipinski definition) is 8. The molecule has 12 heteroatoms. The van der Waals surface area contributed by atoms with Gasteiger partial charge in [-0.05, 0) is 53.3 Å². The third-order valence-corrected chi connectivity index (χ3v) is 6.17. The Morgan fingerprint density at radius 2 is 2.03 bits per heavy atom. The van der Waals surface area contributed by atoms with Gasteiger partial charge in [0.15, 0.2) is 0 Å². The van der Waals surface area contributed by atoms with Crippen LogP contribution in [0.15, 0.2) is 70.2 Å². The molecule has 184 valence electrons. The average molecular weight is 489 g/mol. The molecule has 1 aromatic heterocycles. The first kappa shape index (κ1) is 23.1. The second kappa shape index (κ2) is 9.94. The first-order chi connectivity index (χ1) is 17.6. The molecule has 3 aliphatic heterocycles. The van der Waals surface area contributed by atoms with Crippen LogP contribution < -0.4 is 10.6 Å². The van der Waals surface area contributed by atoms with Gasteiger partial charge in [0.05, 0.1) is 18.9 Å². The Kier molecular flexibility index (Phi) is 6.39. The Hall–Kier alpha value is -4.61. The van der Waals surface area contributed by atoms with Gasteiger partial charge in [0.25, 0.3) is 18.0 Å². The summed E-state index contributed by atoms with van der Waals surface area (Å²) in [6, 6.07) is 6.99. The number of fused-ring (bicyclic) bond motifs is 1. The number of rotatable bonds is 6. The first-order valence-electron chi connectivity index (χ1n) is 11.5. The quantitative estimate of drug-likeness (QED) is 0.421. The Morgan fingerprint density at radius 1 is 1.25 bits per heavy atom. The number of hydrogen-bond donors (Lipinski definition) is 3. The minimum absolute atomic E-state index is 0.0343. The predicted molar refractivity (Wildman–Crippen MR) is 132 cm³/mol. The van der Waals surface area contributed by atoms with E-state index in [1.165, 1.54) is 6.08 Å². The van der Waals surface area contributed by atoms with Crippen LogP contribution in [0.5, 0.6) is 0 Å². The van der Waals surface area contributed by atoms with E-state index in [-0.39, 0.29) is 17.9 Å². The van der Waals surface area contributed by atoms with E-state index in [0.29, 0.717) is 41.8 Å². The van der Waals surface area contributed by atoms with E-state index in [1.807, 2.05) is 4.90 Å². The zero-order valence-corrected chi connectivity index (χ0v) is 19.7. The standard InChI is InChI=1S/C24H25N9O3/c1-3-19(34)28-17-6-4-15(5-7-17)23(35)32-10-8-18(9-11-32)29-24-30-22-21(36-2)20(16-12-26-27-13-16)25-14-33(22)31-24/h3-7,12-14,18,22H,1,8-11H2,2H3,(H2-,26,27,28,29,30,34,35)/p+1. The molecule has 2 amide bonds. The van der Waals surface area contributed by atoms with Crippen molar-refractivity contribution in [3.05, 3.63) is 66.2 Å². The molecule has 4 heterocycles. The van der Waals surface area contributed by atoms with Crippen LogP contribution in [0.2, 0.25) is 0 Å². The average Bonchev–Trinajstić information content (AvgIpc) is 3.58. The van der Waals surface area contributed by atoms with E-state index in [9.17, 15) is 9.59 Å². The summed E-state index contributed by atoms with van der Waals surface area (Å²) in [4.78, 5) is 35.3. The van der Waals surface area contributed by atoms with Gasteiger partial charge < -0.3 is 20.3 Å². The lowest BCUT2D eigenvalue weighted by atomic mass is 10.0. The maximum atomic E-state index is 12.9. The molecule has 3 aliphatic rings. The van der Waals surface area contributed by atoms with Crippen molar-refractivity contribution in [2.24, 2.45) is 15.1 Å². The molecular formula is C24H26N9O3+. The van der Waals surface area contributed by atoms with Crippen molar-refractivity contribution < 1.29 is 19.0 Å². The van der Waals surface area contributed by atoms with Gasteiger partial charge in [-0.15, -0.1) is 4.70 Å². The monoisotopic (exact) mass is 488 g/mol. The van der Waals surface area contributed by atoms with Crippen molar-refractivity contribution >= 4 is 35.5 Å². The molecule has 3 N–H and O–H groups in total. The lowest BCUT2D eigenvalue weighted by Crippen LogP contribution is -2.46. The fraction of sp³-hybridized carbons (Fsp3) is 0.292. The fourth-order valence-electron chi connectivity index (χ4n) is 4.28. The number of piperidine rings is 1. The number of nitrogens with one attached hydrogen (secondary N) is 3. The highest BCUT2D eigenvalue weighted by molar-refractivity contribution is 5.99. The third kappa shape index (κ3) is 4.65. The Balaban J connectivity index is 1.18. The van der Waals surface area contributed by atoms with Gasteiger partial charge in [-0.3, -0.25) is 14.7 Å². The SMILES string of the molecule is C=CC(=O)Nc1ccc(C(=O)N2CCC(NC3=NC4C(OC)=C(c5cn[nH]c5)N=C[N+]4=N3)CC2)cc1. The summed E-state index contributed by atoms with van der Waals surface area (Å²) in [6.07, 6.45) is 7.36. The summed E-state index contributed by atoms with van der Waals surface area (Å²) >= 11 is 0. The number of likely N-dealkylation sites (tertiary alicyclic amines) is 1. The lowest BCUT2D eigenvalue weighted by molar-refractivity contribution is -0.495. The molecule has 1 unspecified atom stereocenters. The number of aromatic nitrogens is 2. The van der Waals surface area contributed by atoms with Crippen molar-refractivity contribution in [2.75, 3.05) is 25.5 Å². The van der Waals surface area contributed by atoms with Gasteiger partial charge in [0.1, 0.15) is 0 Å². The lowest BCUT2D eigenvalue weighted by Gasteiger charge is -2.32. The van der Waals surface area contributed by atoms with Crippen LogP contribution in [0.3, 0.4) is 0 Å². The minimum atomic E-state index is -0.430. The Bertz CT molecular complexity index is 1280. The second-order valence-corrected chi connectivity index (χ2v) is 8.44. The molecule has 0 radical (unpaired) electrons. The number of benzene rings is 1. The van der Waals surface area contributed by atoms with Crippen molar-refractivity contribution in [2.45, 2.75) is 25.0 Å². The van der Waals surface area contributed by atoms with Gasteiger partial charge in [-0.25, -0.2) is 0 Å². The van der Waals surface area contributed by atoms with Gasteiger partial charge in [0, 0.05) is 36.6 Å². The summed E-state index contributed by atoms with van der Waals surface area (Å²) in [7, 11) is 1.59. The van der Waals surface area contributed by atoms with Gasteiger partial charge in [0.2, 0.25) is 17.4 Å². The van der Waals surface area contributed by atoms with Crippen LogP contribution in [0.1, 0.15) is 28.8 Å². The highest BCUT2D eigenvalue weighted by Gasteiger charge is 2.39. The highest BCUT2D eigenvalue weighted by Crippen LogP contribution is 2.29. The summed E-state index contributed by atoms with van der Waals surface area (Å²) in [5.41, 5.74) is 2.67. The smallest absolute Gasteiger partial charge is 0.309 e. The van der Waals surface area contributed by atoms with Crippen LogP contribution in [0, 0.1) is 0 Å². The van der Waals surface area contributed by atoms with Crippen LogP contribution >= 0.6 is 0 Å². The largest absolute Gasteiger partial charge is 0.491 e. The molecule has 0 spiro atoms. The topological polar surface area (TPSA) is 139 Å². The predicted octanol–water partition coefficient (Wildman–Crippen LogP) is 1.95. The zero-order valence-electron chi connectivity index (χ0n) is 19.7. The maximum absolute atomic E-state index is 12.9. The van der Waals surface area contributed by atoms with E-state index >= 15 is 0 Å². The van der Waals surface area contributed by atoms with E-state index in [1.54, 1.807) is 54.8 Å². The number of ether oxygens (including phenoxy) is 1. The minimum Gasteiger partial charge on any atom is -0.491 e. The normalized spacial score (nSPS) is 19.4. The summed E-state index contributed by atoms with van der Waals surface area (Å²) in [5.74, 6) is 0.776. The molecule has 0 saturated carbocycles. The number of carbonyl (C=O) groups excluding carboxylic acids is 2. The van der Waals surface area contributed by atoms with Gasteiger partial charge in [-0.1, -0.05) is 6.58 Å². The number of carbonyl (C=O) groups is 2. The second-order valence-electron chi connectivity index (χ2n) is 8.44. The fourth-order valence-corrected chi connectivity index (χ4v) is 4.28. The van der Waals surface area contributed by atoms with Crippen LogP contribution in [-0.4, -0.2) is 76.3 Å². The molecule has 1 aromatic carbocycles. The number of amides is 2. The van der Waals surface area contributed by atoms with Gasteiger partial charge >= 0.3 is 6.34 Å². The van der Waals surface area contributed by atoms with Crippen LogP contribution in [0.4, 0.5) is 5.69 Å². The van der Waals surface area contributed by atoms with E-state index in [2.05, 4.69) is 37.5 Å². The molecule has 36 heavy (non-hydrogen) atoms. The molecule has 1 atom stereocenters. The van der Waals surface area contributed by atoms with Gasteiger partial charge in [-0.2, -0.15) is 10.1 Å². The summed E-state index contributed by atoms with van der Waals surface area (Å²) in [5, 5.41) is 17.4. The molecule has 0 aliphatic carbocycles. The number of H-pyrrole nitrogens is 1. The van der Waals surface area contributed by atoms with E-state index in [0.717, 1.165) is 18.4 Å². The van der Waals surface area contributed by atoms with E-state index in [4.69, 9.17) is 9.73 Å². The number of guanidine groups is 1. The molecule has 5 rings (SSSR count). The van der Waals surface area contributed by atoms with Crippen LogP contribution in [0.25, 0.3) is 5.70 Å². The molecule has 1 saturated heterocycles. The third-order valence-electron chi connectivity index (χ3n) is 6.17. The van der Waals surface area contributed by atoms with Crippen molar-refractivity contribution in [3.8, 4) is 0 Å². The number of aliphatic imine (C=N–C) groups is 2. The summed E-state index contributed by atoms with van der Waals surface area (Å²) < 4.78 is 7.27. The molecule has 0 bridgehead atoms. The van der Waals surface area contributed by atoms with Crippen molar-refractivity contribution in [3.63, 3.8) is 0 Å². The molecule has 2 aromatic rings. The number of methoxy groups -OCH3 is 1. The number of nitrogens with zero attached hydrogens (tertiary/aromatic N) is 6. The zero-order chi connectivity index (χ0) is 25.1. The van der Waals surface area contributed by atoms with E-state index < -0.39 is 6.17 Å². The Morgan fingerprint density at radius 3 is 2.69 bits per heavy atom. The molecular weight excluding hydrogens is 462 g/mol. The number of aromatic amines is 1. The van der Waals surface area contributed by atoms with Crippen LogP contribution in [-0.2, 0) is 9.53 Å². The molecule has 1 fully saturated rings. The number of azo groups is 2. The first-order valence-corrected chi connectivity index (χ1v) is 11.5. The Labute approximate surface area is 207 Å². The number of anilines is 1. The summed E-state index contributed by atoms with van der Waals surface area (Å²) in [6.45, 7) is 4.66.